The van der Waals surface area contributed by atoms with E-state index >= 15 is 0 Å². The van der Waals surface area contributed by atoms with Crippen molar-refractivity contribution in [3.05, 3.63) is 42.0 Å². The van der Waals surface area contributed by atoms with Gasteiger partial charge in [-0.05, 0) is 19.1 Å². The van der Waals surface area contributed by atoms with Crippen molar-refractivity contribution in [2.45, 2.75) is 13.3 Å². The van der Waals surface area contributed by atoms with Crippen LogP contribution in [-0.2, 0) is 9.59 Å². The lowest BCUT2D eigenvalue weighted by Gasteiger charge is -2.20. The van der Waals surface area contributed by atoms with Crippen LogP contribution in [0.5, 0.6) is 17.2 Å². The number of nitrogens with zero attached hydrogens (tertiary/aromatic N) is 1. The quantitative estimate of drug-likeness (QED) is 0.703. The summed E-state index contributed by atoms with van der Waals surface area (Å²) in [6, 6.07) is 10.1. The Labute approximate surface area is 174 Å². The lowest BCUT2D eigenvalue weighted by Crippen LogP contribution is -2.28. The number of nitrogens with one attached hydrogen (secondary N) is 1. The monoisotopic (exact) mass is 412 g/mol. The average Bonchev–Trinajstić information content (AvgIpc) is 3.14. The van der Waals surface area contributed by atoms with Crippen molar-refractivity contribution < 1.29 is 28.6 Å². The fraction of sp³-hybridized carbons (Fsp3) is 0.318. The van der Waals surface area contributed by atoms with Crippen LogP contribution in [0, 0.1) is 5.92 Å². The van der Waals surface area contributed by atoms with E-state index in [1.807, 2.05) is 0 Å². The first-order valence-electron chi connectivity index (χ1n) is 9.40. The molecular weight excluding hydrogens is 388 g/mol. The Morgan fingerprint density at radius 2 is 1.67 bits per heavy atom. The zero-order valence-electron chi connectivity index (χ0n) is 17.4. The summed E-state index contributed by atoms with van der Waals surface area (Å²) < 4.78 is 16.0. The predicted molar refractivity (Wildman–Crippen MR) is 112 cm³/mol. The van der Waals surface area contributed by atoms with Gasteiger partial charge < -0.3 is 24.4 Å². The third kappa shape index (κ3) is 4.07. The van der Waals surface area contributed by atoms with E-state index < -0.39 is 5.92 Å². The predicted octanol–water partition coefficient (Wildman–Crippen LogP) is 2.91. The highest BCUT2D eigenvalue weighted by atomic mass is 16.5. The van der Waals surface area contributed by atoms with Gasteiger partial charge in [-0.3, -0.25) is 14.4 Å². The average molecular weight is 412 g/mol. The summed E-state index contributed by atoms with van der Waals surface area (Å²) in [4.78, 5) is 38.7. The number of ketones is 1. The van der Waals surface area contributed by atoms with Gasteiger partial charge in [-0.15, -0.1) is 0 Å². The Morgan fingerprint density at radius 3 is 2.23 bits per heavy atom. The summed E-state index contributed by atoms with van der Waals surface area (Å²) in [6.45, 7) is 1.64. The van der Waals surface area contributed by atoms with Gasteiger partial charge in [-0.25, -0.2) is 0 Å². The Balaban J connectivity index is 1.82. The van der Waals surface area contributed by atoms with Crippen molar-refractivity contribution in [3.63, 3.8) is 0 Å². The lowest BCUT2D eigenvalue weighted by atomic mass is 10.1. The Morgan fingerprint density at radius 1 is 1.03 bits per heavy atom. The number of amides is 2. The summed E-state index contributed by atoms with van der Waals surface area (Å²) in [5, 5.41) is 2.78. The first-order chi connectivity index (χ1) is 14.4. The number of ether oxygens (including phenoxy) is 3. The molecule has 1 N–H and O–H groups in total. The third-order valence-electron chi connectivity index (χ3n) is 5.02. The highest BCUT2D eigenvalue weighted by Crippen LogP contribution is 2.42. The smallest absolute Gasteiger partial charge is 0.229 e. The number of benzene rings is 2. The van der Waals surface area contributed by atoms with E-state index in [4.69, 9.17) is 14.2 Å². The molecule has 0 radical (unpaired) electrons. The van der Waals surface area contributed by atoms with Crippen LogP contribution in [0.4, 0.5) is 11.4 Å². The number of hydrogen-bond acceptors (Lipinski definition) is 6. The number of para-hydroxylation sites is 1. The first-order valence-corrected chi connectivity index (χ1v) is 9.40. The molecule has 0 aromatic heterocycles. The minimum absolute atomic E-state index is 0.0602. The minimum atomic E-state index is -0.559. The van der Waals surface area contributed by atoms with Crippen LogP contribution in [0.25, 0.3) is 0 Å². The number of hydrogen-bond donors (Lipinski definition) is 1. The maximum atomic E-state index is 12.8. The zero-order chi connectivity index (χ0) is 21.8. The Hall–Kier alpha value is -3.55. The van der Waals surface area contributed by atoms with Gasteiger partial charge in [0, 0.05) is 30.7 Å². The van der Waals surface area contributed by atoms with Gasteiger partial charge in [0.1, 0.15) is 0 Å². The molecule has 1 unspecified atom stereocenters. The fourth-order valence-electron chi connectivity index (χ4n) is 3.49. The molecule has 2 amide bonds. The zero-order valence-corrected chi connectivity index (χ0v) is 17.4. The molecule has 1 saturated heterocycles. The molecule has 1 aliphatic rings. The van der Waals surface area contributed by atoms with Gasteiger partial charge in [0.2, 0.25) is 17.6 Å². The standard InChI is InChI=1S/C22H24N2O6/c1-13(25)16-7-5-6-8-17(16)23-22(27)14-9-20(26)24(12-14)15-10-18(28-2)21(30-4)19(11-15)29-3/h5-8,10-11,14H,9,12H2,1-4H3,(H,23,27). The van der Waals surface area contributed by atoms with E-state index in [-0.39, 0.29) is 30.6 Å². The molecule has 30 heavy (non-hydrogen) atoms. The molecule has 0 bridgehead atoms. The molecular formula is C22H24N2O6. The molecule has 0 aliphatic carbocycles. The van der Waals surface area contributed by atoms with Crippen LogP contribution in [0.2, 0.25) is 0 Å². The van der Waals surface area contributed by atoms with E-state index in [2.05, 4.69) is 5.32 Å². The normalized spacial score (nSPS) is 15.7. The van der Waals surface area contributed by atoms with Crippen LogP contribution >= 0.6 is 0 Å². The summed E-state index contributed by atoms with van der Waals surface area (Å²) >= 11 is 0. The topological polar surface area (TPSA) is 94.2 Å². The summed E-state index contributed by atoms with van der Waals surface area (Å²) in [5.41, 5.74) is 1.42. The highest BCUT2D eigenvalue weighted by molar-refractivity contribution is 6.07. The molecule has 158 valence electrons. The summed E-state index contributed by atoms with van der Waals surface area (Å²) in [5.74, 6) is 0.0525. The number of rotatable bonds is 7. The lowest BCUT2D eigenvalue weighted by molar-refractivity contribution is -0.122. The SMILES string of the molecule is COc1cc(N2CC(C(=O)Nc3ccccc3C(C)=O)CC2=O)cc(OC)c1OC. The van der Waals surface area contributed by atoms with Crippen molar-refractivity contribution in [3.8, 4) is 17.2 Å². The second-order valence-electron chi connectivity index (χ2n) is 6.88. The van der Waals surface area contributed by atoms with E-state index in [9.17, 15) is 14.4 Å². The molecule has 8 nitrogen and oxygen atoms in total. The number of Topliss-reactive ketones (excluding diaryl/α,β-unsaturated/α-hetero) is 1. The van der Waals surface area contributed by atoms with Gasteiger partial charge in [0.15, 0.2) is 17.3 Å². The summed E-state index contributed by atoms with van der Waals surface area (Å²) in [7, 11) is 4.49. The first kappa shape index (κ1) is 21.2. The fourth-order valence-corrected chi connectivity index (χ4v) is 3.49. The second kappa shape index (κ2) is 8.86. The maximum Gasteiger partial charge on any atom is 0.229 e. The van der Waals surface area contributed by atoms with Crippen LogP contribution in [0.15, 0.2) is 36.4 Å². The molecule has 1 fully saturated rings. The Bertz CT molecular complexity index is 962. The number of anilines is 2. The largest absolute Gasteiger partial charge is 0.493 e. The molecule has 2 aromatic carbocycles. The van der Waals surface area contributed by atoms with E-state index in [0.717, 1.165) is 0 Å². The summed E-state index contributed by atoms with van der Waals surface area (Å²) in [6.07, 6.45) is 0.0602. The molecule has 2 aromatic rings. The van der Waals surface area contributed by atoms with E-state index in [0.29, 0.717) is 34.2 Å². The van der Waals surface area contributed by atoms with Gasteiger partial charge >= 0.3 is 0 Å². The van der Waals surface area contributed by atoms with Crippen molar-refractivity contribution in [1.29, 1.82) is 0 Å². The maximum absolute atomic E-state index is 12.8. The van der Waals surface area contributed by atoms with Crippen molar-refractivity contribution in [2.24, 2.45) is 5.92 Å². The van der Waals surface area contributed by atoms with Crippen LogP contribution in [0.1, 0.15) is 23.7 Å². The number of methoxy groups -OCH3 is 3. The van der Waals surface area contributed by atoms with E-state index in [1.54, 1.807) is 36.4 Å². The molecule has 0 spiro atoms. The molecule has 3 rings (SSSR count). The number of carbonyl (C=O) groups is 3. The molecule has 1 heterocycles. The van der Waals surface area contributed by atoms with Crippen molar-refractivity contribution >= 4 is 29.0 Å². The van der Waals surface area contributed by atoms with Crippen molar-refractivity contribution in [1.82, 2.24) is 0 Å². The van der Waals surface area contributed by atoms with E-state index in [1.165, 1.54) is 33.2 Å². The Kier molecular flexibility index (Phi) is 6.25. The second-order valence-corrected chi connectivity index (χ2v) is 6.88. The van der Waals surface area contributed by atoms with Crippen LogP contribution in [0.3, 0.4) is 0 Å². The van der Waals surface area contributed by atoms with Crippen molar-refractivity contribution in [2.75, 3.05) is 38.1 Å². The van der Waals surface area contributed by atoms with Crippen LogP contribution < -0.4 is 24.4 Å². The van der Waals surface area contributed by atoms with Gasteiger partial charge in [-0.1, -0.05) is 12.1 Å². The van der Waals surface area contributed by atoms with Gasteiger partial charge in [0.25, 0.3) is 0 Å². The minimum Gasteiger partial charge on any atom is -0.493 e. The van der Waals surface area contributed by atoms with Gasteiger partial charge in [-0.2, -0.15) is 0 Å². The highest BCUT2D eigenvalue weighted by Gasteiger charge is 2.36. The molecule has 8 heteroatoms. The third-order valence-corrected chi connectivity index (χ3v) is 5.02. The molecule has 0 saturated carbocycles. The number of carbonyl (C=O) groups excluding carboxylic acids is 3. The molecule has 1 aliphatic heterocycles. The molecule has 1 atom stereocenters. The van der Waals surface area contributed by atoms with Crippen LogP contribution in [-0.4, -0.2) is 45.5 Å². The van der Waals surface area contributed by atoms with Gasteiger partial charge in [0.05, 0.1) is 38.6 Å².